The number of phenols is 1. The Bertz CT molecular complexity index is 2900. The number of hydrogen-bond donors (Lipinski definition) is 12. The highest BCUT2D eigenvalue weighted by Crippen LogP contribution is 2.27. The lowest BCUT2D eigenvalue weighted by atomic mass is 10.0. The number of aliphatic hydroxyl groups is 1. The third kappa shape index (κ3) is 14.8. The lowest BCUT2D eigenvalue weighted by Gasteiger charge is -2.30. The normalized spacial score (nSPS) is 22.8. The summed E-state index contributed by atoms with van der Waals surface area (Å²) in [5.74, 6) is -9.13. The number of fused-ring (bicyclic) bond motifs is 5. The van der Waals surface area contributed by atoms with Gasteiger partial charge in [-0.3, -0.25) is 43.2 Å². The van der Waals surface area contributed by atoms with Crippen LogP contribution in [-0.4, -0.2) is 152 Å². The van der Waals surface area contributed by atoms with Gasteiger partial charge in [-0.15, -0.1) is 0 Å². The van der Waals surface area contributed by atoms with Gasteiger partial charge in [0.2, 0.25) is 47.3 Å². The summed E-state index contributed by atoms with van der Waals surface area (Å²) in [6, 6.07) is 10.1. The fourth-order valence-electron chi connectivity index (χ4n) is 10.1. The molecule has 3 aliphatic heterocycles. The van der Waals surface area contributed by atoms with Gasteiger partial charge in [-0.25, -0.2) is 4.79 Å². The number of para-hydroxylation sites is 1. The summed E-state index contributed by atoms with van der Waals surface area (Å²) in [5.41, 5.74) is 7.29. The van der Waals surface area contributed by atoms with Crippen LogP contribution in [0.5, 0.6) is 5.75 Å². The zero-order chi connectivity index (χ0) is 56.9. The third-order valence-corrected chi connectivity index (χ3v) is 14.4. The molecule has 13 N–H and O–H groups in total. The lowest BCUT2D eigenvalue weighted by Crippen LogP contribution is -2.61. The number of carbonyl (C=O) groups is 10. The number of carboxylic acid groups (broad SMARTS) is 1. The molecule has 9 atom stereocenters. The summed E-state index contributed by atoms with van der Waals surface area (Å²) in [7, 11) is 0. The van der Waals surface area contributed by atoms with Gasteiger partial charge in [0.15, 0.2) is 6.17 Å². The molecule has 24 nitrogen and oxygen atoms in total. The Balaban J connectivity index is 1.31. The van der Waals surface area contributed by atoms with E-state index in [4.69, 9.17) is 5.73 Å². The van der Waals surface area contributed by atoms with Crippen molar-refractivity contribution in [1.82, 2.24) is 52.0 Å². The predicted molar refractivity (Wildman–Crippen MR) is 285 cm³/mol. The van der Waals surface area contributed by atoms with E-state index < -0.39 is 120 Å². The van der Waals surface area contributed by atoms with Crippen LogP contribution in [0, 0.1) is 5.92 Å². The number of phenolic OH excluding ortho intramolecular Hbond substituents is 1. The Labute approximate surface area is 455 Å². The first-order chi connectivity index (χ1) is 37.8. The first-order valence-corrected chi connectivity index (χ1v) is 26.5. The summed E-state index contributed by atoms with van der Waals surface area (Å²) in [6.07, 6.45) is 0.847. The standard InChI is InChI=1S/C55H69N11O13/c1-30(2)45-52(75)61-38(25-31-11-4-3-5-12-31)47(70)62-41(29-67)50(73)59-40(48(71)58-37(55(78)79)14-8-9-23-56)27-33-28-66(42-15-7-6-13-35(33)42)46(53(76)63-45)64-49(72)39(26-32-17-19-34(68)20-18-32)60-51(74)43-16-10-24-65(43)54(77)36-21-22-44(69)57-36/h3-7,11-13,15,17-20,28,30,36-41,43,45-46,67-68H,8-10,14,16,21-27,29,56H2,1-2H3,(H,57,69)(H,58,71)(H,59,73)(H,60,74)(H,61,75)(H,62,70)(H,63,76)(H,64,72)(H,78,79)/t36-,37-,38?,39-,40?,41-,43-,45?,46?/m0/s1. The maximum atomic E-state index is 15.2. The summed E-state index contributed by atoms with van der Waals surface area (Å²) in [6.45, 7) is 2.80. The second kappa shape index (κ2) is 26.8. The Hall–Kier alpha value is -8.38. The zero-order valence-electron chi connectivity index (χ0n) is 43.9. The van der Waals surface area contributed by atoms with Gasteiger partial charge in [0, 0.05) is 43.8 Å². The van der Waals surface area contributed by atoms with Gasteiger partial charge in [0.25, 0.3) is 5.91 Å². The molecule has 3 aromatic carbocycles. The van der Waals surface area contributed by atoms with Crippen molar-refractivity contribution in [3.63, 3.8) is 0 Å². The summed E-state index contributed by atoms with van der Waals surface area (Å²) < 4.78 is 1.38. The molecule has 7 rings (SSSR count). The van der Waals surface area contributed by atoms with Crippen molar-refractivity contribution in [2.24, 2.45) is 11.7 Å². The number of amides is 9. The fourth-order valence-corrected chi connectivity index (χ4v) is 10.1. The van der Waals surface area contributed by atoms with Crippen LogP contribution in [0.3, 0.4) is 0 Å². The van der Waals surface area contributed by atoms with E-state index in [1.165, 1.54) is 39.9 Å². The van der Waals surface area contributed by atoms with Gasteiger partial charge in [0.05, 0.1) is 12.1 Å². The molecule has 2 bridgehead atoms. The molecule has 2 saturated heterocycles. The number of hydrogen-bond acceptors (Lipinski definition) is 13. The number of aliphatic hydroxyl groups excluding tert-OH is 1. The minimum absolute atomic E-state index is 0.0126. The molecule has 79 heavy (non-hydrogen) atoms. The second-order valence-electron chi connectivity index (χ2n) is 20.4. The molecular formula is C55H69N11O13. The number of aromatic nitrogens is 1. The molecule has 1 aromatic heterocycles. The molecule has 0 saturated carbocycles. The van der Waals surface area contributed by atoms with E-state index >= 15 is 9.59 Å². The van der Waals surface area contributed by atoms with E-state index in [9.17, 15) is 53.7 Å². The van der Waals surface area contributed by atoms with Crippen molar-refractivity contribution in [3.8, 4) is 5.75 Å². The minimum Gasteiger partial charge on any atom is -0.508 e. The SMILES string of the molecule is CC(C)C1NC(=O)C(NC(=O)[C@H](Cc2ccc(O)cc2)NC(=O)[C@@H]2CCCN2C(=O)[C@@H]2CCC(=O)N2)n2cc(c3ccccc32)CC(C(=O)N[C@@H](CCCCN)C(=O)O)NC(=O)[C@H](CO)NC(=O)C(Cc2ccccc2)NC1=O. The maximum Gasteiger partial charge on any atom is 0.326 e. The quantitative estimate of drug-likeness (QED) is 0.0535. The molecule has 3 aliphatic rings. The van der Waals surface area contributed by atoms with Crippen LogP contribution >= 0.6 is 0 Å². The van der Waals surface area contributed by atoms with Crippen LogP contribution in [0.4, 0.5) is 0 Å². The Morgan fingerprint density at radius 1 is 0.734 bits per heavy atom. The number of aromatic hydroxyl groups is 1. The number of nitrogens with two attached hydrogens (primary N) is 1. The van der Waals surface area contributed by atoms with Crippen LogP contribution < -0.4 is 48.3 Å². The molecule has 0 spiro atoms. The molecule has 4 unspecified atom stereocenters. The molecule has 4 aromatic rings. The van der Waals surface area contributed by atoms with E-state index in [0.717, 1.165) is 0 Å². The maximum absolute atomic E-state index is 15.2. The third-order valence-electron chi connectivity index (χ3n) is 14.4. The molecule has 2 fully saturated rings. The van der Waals surface area contributed by atoms with Gasteiger partial charge >= 0.3 is 5.97 Å². The molecule has 24 heteroatoms. The van der Waals surface area contributed by atoms with Gasteiger partial charge in [0.1, 0.15) is 54.1 Å². The molecule has 9 amide bonds. The van der Waals surface area contributed by atoms with E-state index in [-0.39, 0.29) is 75.3 Å². The summed E-state index contributed by atoms with van der Waals surface area (Å²) in [5, 5.41) is 52.5. The summed E-state index contributed by atoms with van der Waals surface area (Å²) in [4.78, 5) is 142. The van der Waals surface area contributed by atoms with Crippen LogP contribution in [-0.2, 0) is 67.2 Å². The van der Waals surface area contributed by atoms with Gasteiger partial charge in [-0.1, -0.05) is 74.5 Å². The fraction of sp³-hybridized carbons (Fsp3) is 0.455. The van der Waals surface area contributed by atoms with E-state index in [0.29, 0.717) is 41.3 Å². The van der Waals surface area contributed by atoms with Crippen molar-refractivity contribution in [2.75, 3.05) is 19.7 Å². The van der Waals surface area contributed by atoms with Crippen molar-refractivity contribution in [2.45, 2.75) is 133 Å². The molecule has 0 aliphatic carbocycles. The first kappa shape index (κ1) is 58.3. The van der Waals surface area contributed by atoms with Crippen molar-refractivity contribution in [1.29, 1.82) is 0 Å². The topological polar surface area (TPSA) is 362 Å². The van der Waals surface area contributed by atoms with Crippen LogP contribution in [0.1, 0.15) is 81.6 Å². The minimum atomic E-state index is -1.77. The van der Waals surface area contributed by atoms with E-state index in [1.54, 1.807) is 68.4 Å². The predicted octanol–water partition coefficient (Wildman–Crippen LogP) is -0.957. The Morgan fingerprint density at radius 3 is 2.09 bits per heavy atom. The summed E-state index contributed by atoms with van der Waals surface area (Å²) >= 11 is 0. The van der Waals surface area contributed by atoms with Crippen molar-refractivity contribution >= 4 is 70.0 Å². The monoisotopic (exact) mass is 1090 g/mol. The van der Waals surface area contributed by atoms with Crippen LogP contribution in [0.2, 0.25) is 0 Å². The van der Waals surface area contributed by atoms with Crippen molar-refractivity contribution < 1.29 is 63.3 Å². The number of benzene rings is 3. The lowest BCUT2D eigenvalue weighted by molar-refractivity contribution is -0.142. The number of carboxylic acids is 1. The Morgan fingerprint density at radius 2 is 1.42 bits per heavy atom. The van der Waals surface area contributed by atoms with Gasteiger partial charge < -0.3 is 73.1 Å². The highest BCUT2D eigenvalue weighted by atomic mass is 16.4. The smallest absolute Gasteiger partial charge is 0.326 e. The molecule has 0 radical (unpaired) electrons. The Kier molecular flexibility index (Phi) is 19.8. The second-order valence-corrected chi connectivity index (χ2v) is 20.4. The molecule has 4 heterocycles. The highest BCUT2D eigenvalue weighted by Gasteiger charge is 2.42. The number of carbonyl (C=O) groups excluding carboxylic acids is 9. The largest absolute Gasteiger partial charge is 0.508 e. The van der Waals surface area contributed by atoms with E-state index in [1.807, 2.05) is 0 Å². The average Bonchev–Trinajstić information content (AvgIpc) is 4.22. The van der Waals surface area contributed by atoms with Crippen LogP contribution in [0.15, 0.2) is 85.1 Å². The average molecular weight is 1090 g/mol. The number of nitrogens with zero attached hydrogens (tertiary/aromatic N) is 2. The number of likely N-dealkylation sites (tertiary alicyclic amines) is 1. The highest BCUT2D eigenvalue weighted by molar-refractivity contribution is 6.00. The number of rotatable bonds is 18. The van der Waals surface area contributed by atoms with Gasteiger partial charge in [-0.05, 0) is 85.9 Å². The molecular weight excluding hydrogens is 1020 g/mol. The number of aliphatic carboxylic acids is 1. The van der Waals surface area contributed by atoms with Gasteiger partial charge in [-0.2, -0.15) is 0 Å². The van der Waals surface area contributed by atoms with E-state index in [2.05, 4.69) is 42.5 Å². The zero-order valence-corrected chi connectivity index (χ0v) is 43.9. The van der Waals surface area contributed by atoms with Crippen LogP contribution in [0.25, 0.3) is 10.9 Å². The first-order valence-electron chi connectivity index (χ1n) is 26.5. The van der Waals surface area contributed by atoms with Crippen molar-refractivity contribution in [3.05, 3.63) is 102 Å². The molecule has 422 valence electrons. The number of unbranched alkanes of at least 4 members (excludes halogenated alkanes) is 1. The number of nitrogens with one attached hydrogen (secondary N) is 8.